The van der Waals surface area contributed by atoms with Crippen molar-refractivity contribution in [2.24, 2.45) is 0 Å². The highest BCUT2D eigenvalue weighted by Gasteiger charge is 2.32. The fourth-order valence-electron chi connectivity index (χ4n) is 1.52. The Morgan fingerprint density at radius 2 is 0.871 bits per heavy atom. The van der Waals surface area contributed by atoms with Gasteiger partial charge >= 0.3 is 22.8 Å². The van der Waals surface area contributed by atoms with Gasteiger partial charge in [-0.05, 0) is 60.1 Å². The molecule has 0 radical (unpaired) electrons. The standard InChI is InChI=1S/C7H21O3PSi2.C5H13O3P.C2H6O2.CH5O3P/c1-11(8,9-12(2,3)4)10-13(5,6)7;1-4-7-9(3,6)8-5-2;1-2-4-3;1-5(2,3)4/h1-7H3;4-5H2,1-3H3;3H,2H2,1H3;1H3,(H2,2,3,4). The first-order valence-electron chi connectivity index (χ1n) is 9.60. The zero-order chi connectivity index (χ0) is 26.2. The number of rotatable bonds is 9. The highest BCUT2D eigenvalue weighted by atomic mass is 31.2. The van der Waals surface area contributed by atoms with Crippen LogP contribution >= 0.6 is 22.8 Å². The third kappa shape index (κ3) is 53.8. The molecule has 0 spiro atoms. The predicted octanol–water partition coefficient (Wildman–Crippen LogP) is 5.68. The van der Waals surface area contributed by atoms with E-state index in [4.69, 9.17) is 32.5 Å². The maximum atomic E-state index is 11.9. The van der Waals surface area contributed by atoms with Gasteiger partial charge in [0, 0.05) is 20.0 Å². The van der Waals surface area contributed by atoms with E-state index in [-0.39, 0.29) is 0 Å². The summed E-state index contributed by atoms with van der Waals surface area (Å²) in [5, 5.41) is 7.38. The minimum atomic E-state index is -3.64. The zero-order valence-electron chi connectivity index (χ0n) is 21.1. The van der Waals surface area contributed by atoms with Crippen molar-refractivity contribution in [3.8, 4) is 0 Å². The van der Waals surface area contributed by atoms with E-state index >= 15 is 0 Å². The van der Waals surface area contributed by atoms with Crippen LogP contribution in [0.5, 0.6) is 0 Å². The van der Waals surface area contributed by atoms with Gasteiger partial charge in [-0.15, -0.1) is 0 Å². The average Bonchev–Trinajstić information content (AvgIpc) is 2.40. The van der Waals surface area contributed by atoms with Gasteiger partial charge < -0.3 is 27.3 Å². The monoisotopic (exact) mass is 550 g/mol. The molecule has 0 fully saturated rings. The van der Waals surface area contributed by atoms with E-state index < -0.39 is 39.4 Å². The van der Waals surface area contributed by atoms with Crippen LogP contribution < -0.4 is 0 Å². The van der Waals surface area contributed by atoms with Gasteiger partial charge in [0.25, 0.3) is 0 Å². The van der Waals surface area contributed by atoms with Crippen LogP contribution in [0.4, 0.5) is 0 Å². The van der Waals surface area contributed by atoms with Crippen LogP contribution in [0, 0.1) is 0 Å². The van der Waals surface area contributed by atoms with Crippen LogP contribution in [-0.2, 0) is 36.1 Å². The Labute approximate surface area is 190 Å². The molecule has 31 heavy (non-hydrogen) atoms. The molecule has 0 aromatic carbocycles. The van der Waals surface area contributed by atoms with Crippen LogP contribution in [0.2, 0.25) is 39.3 Å². The molecule has 0 aliphatic heterocycles. The molecule has 0 aromatic rings. The largest absolute Gasteiger partial charge is 0.352 e. The third-order valence-electron chi connectivity index (χ3n) is 1.74. The van der Waals surface area contributed by atoms with E-state index in [1.807, 2.05) is 39.3 Å². The smallest absolute Gasteiger partial charge is 0.327 e. The summed E-state index contributed by atoms with van der Waals surface area (Å²) < 4.78 is 52.8. The van der Waals surface area contributed by atoms with Crippen LogP contribution in [-0.4, -0.2) is 71.5 Å². The summed E-state index contributed by atoms with van der Waals surface area (Å²) in [6, 6.07) is 0. The molecule has 0 rings (SSSR count). The van der Waals surface area contributed by atoms with Gasteiger partial charge in [0.2, 0.25) is 0 Å². The molecule has 11 nitrogen and oxygen atoms in total. The van der Waals surface area contributed by atoms with E-state index in [1.54, 1.807) is 27.4 Å². The molecule has 0 atom stereocenters. The molecule has 0 saturated heterocycles. The van der Waals surface area contributed by atoms with Gasteiger partial charge in [-0.3, -0.25) is 19.0 Å². The quantitative estimate of drug-likeness (QED) is 0.140. The van der Waals surface area contributed by atoms with Crippen molar-refractivity contribution in [1.29, 1.82) is 0 Å². The molecule has 0 aromatic heterocycles. The SMILES string of the molecule is CCOO.CCOP(C)(=O)OCC.CP(=O)(O)O.C[Si](C)(C)OP(C)(=O)O[Si](C)(C)C. The van der Waals surface area contributed by atoms with Crippen molar-refractivity contribution in [3.63, 3.8) is 0 Å². The van der Waals surface area contributed by atoms with Gasteiger partial charge in [-0.1, -0.05) is 0 Å². The van der Waals surface area contributed by atoms with Crippen molar-refractivity contribution in [3.05, 3.63) is 0 Å². The first-order chi connectivity index (χ1) is 13.4. The van der Waals surface area contributed by atoms with Crippen molar-refractivity contribution >= 4 is 39.4 Å². The van der Waals surface area contributed by atoms with E-state index in [0.29, 0.717) is 19.8 Å². The van der Waals surface area contributed by atoms with Crippen molar-refractivity contribution in [2.75, 3.05) is 39.8 Å². The van der Waals surface area contributed by atoms with Gasteiger partial charge in [0.1, 0.15) is 0 Å². The second-order valence-electron chi connectivity index (χ2n) is 8.04. The topological polar surface area (TPSA) is 158 Å². The molecule has 0 amide bonds. The fourth-order valence-corrected chi connectivity index (χ4v) is 11.0. The predicted molar refractivity (Wildman–Crippen MR) is 131 cm³/mol. The minimum absolute atomic E-state index is 0.375. The zero-order valence-corrected chi connectivity index (χ0v) is 25.8. The lowest BCUT2D eigenvalue weighted by atomic mass is 10.9. The summed E-state index contributed by atoms with van der Waals surface area (Å²) in [5.41, 5.74) is 0. The van der Waals surface area contributed by atoms with Crippen LogP contribution in [0.1, 0.15) is 20.8 Å². The van der Waals surface area contributed by atoms with Gasteiger partial charge in [0.05, 0.1) is 19.8 Å². The highest BCUT2D eigenvalue weighted by Crippen LogP contribution is 2.49. The molecule has 16 heteroatoms. The lowest BCUT2D eigenvalue weighted by molar-refractivity contribution is -0.237. The van der Waals surface area contributed by atoms with Gasteiger partial charge in [-0.25, -0.2) is 4.89 Å². The summed E-state index contributed by atoms with van der Waals surface area (Å²) in [6.45, 7) is 22.5. The maximum Gasteiger partial charge on any atom is 0.327 e. The van der Waals surface area contributed by atoms with Crippen molar-refractivity contribution < 1.29 is 51.1 Å². The lowest BCUT2D eigenvalue weighted by Crippen LogP contribution is -2.29. The molecule has 0 bridgehead atoms. The molecule has 3 N–H and O–H groups in total. The van der Waals surface area contributed by atoms with E-state index in [9.17, 15) is 13.7 Å². The van der Waals surface area contributed by atoms with Crippen LogP contribution in [0.25, 0.3) is 0 Å². The summed E-state index contributed by atoms with van der Waals surface area (Å²) in [4.78, 5) is 18.8. The van der Waals surface area contributed by atoms with Gasteiger partial charge in [0.15, 0.2) is 16.6 Å². The Hall–Kier alpha value is 0.804. The molecule has 0 aliphatic carbocycles. The molecule has 194 valence electrons. The van der Waals surface area contributed by atoms with E-state index in [1.165, 1.54) is 6.66 Å². The molecular weight excluding hydrogens is 505 g/mol. The summed E-state index contributed by atoms with van der Waals surface area (Å²) in [7, 11) is -12.7. The van der Waals surface area contributed by atoms with Gasteiger partial charge in [-0.2, -0.15) is 0 Å². The highest BCUT2D eigenvalue weighted by molar-refractivity contribution is 7.56. The Morgan fingerprint density at radius 3 is 1.00 bits per heavy atom. The molecule has 0 heterocycles. The lowest BCUT2D eigenvalue weighted by Gasteiger charge is -2.28. The molecule has 0 saturated carbocycles. The van der Waals surface area contributed by atoms with Crippen molar-refractivity contribution in [1.82, 2.24) is 0 Å². The first kappa shape index (κ1) is 39.0. The van der Waals surface area contributed by atoms with Crippen LogP contribution in [0.15, 0.2) is 0 Å². The minimum Gasteiger partial charge on any atom is -0.352 e. The Kier molecular flexibility index (Phi) is 22.9. The summed E-state index contributed by atoms with van der Waals surface area (Å²) in [6.07, 6.45) is 0. The normalized spacial score (nSPS) is 12.5. The first-order valence-corrected chi connectivity index (χ1v) is 22.5. The number of hydrogen-bond acceptors (Lipinski definition) is 9. The van der Waals surface area contributed by atoms with Crippen LogP contribution in [0.3, 0.4) is 0 Å². The number of hydrogen-bond donors (Lipinski definition) is 3. The second-order valence-corrected chi connectivity index (χ2v) is 23.2. The summed E-state index contributed by atoms with van der Waals surface area (Å²) >= 11 is 0. The summed E-state index contributed by atoms with van der Waals surface area (Å²) in [5.74, 6) is 0. The average molecular weight is 551 g/mol. The fraction of sp³-hybridized carbons (Fsp3) is 1.00. The Morgan fingerprint density at radius 1 is 0.645 bits per heavy atom. The van der Waals surface area contributed by atoms with E-state index in [2.05, 4.69) is 4.89 Å². The second kappa shape index (κ2) is 18.2. The molecule has 0 aliphatic rings. The maximum absolute atomic E-state index is 11.9. The molecule has 0 unspecified atom stereocenters. The molecular formula is C15H45O11P3Si2. The Bertz CT molecular complexity index is 531. The Balaban J connectivity index is -0.000000175. The van der Waals surface area contributed by atoms with E-state index in [0.717, 1.165) is 6.66 Å². The third-order valence-corrected chi connectivity index (χ3v) is 10.2. The van der Waals surface area contributed by atoms with Crippen molar-refractivity contribution in [2.45, 2.75) is 60.1 Å².